The Morgan fingerprint density at radius 2 is 2.12 bits per heavy atom. The Morgan fingerprint density at radius 3 is 2.83 bits per heavy atom. The van der Waals surface area contributed by atoms with Gasteiger partial charge in [0.15, 0.2) is 5.65 Å². The van der Waals surface area contributed by atoms with E-state index in [1.807, 2.05) is 24.3 Å². The fourth-order valence-electron chi connectivity index (χ4n) is 2.19. The van der Waals surface area contributed by atoms with E-state index in [4.69, 9.17) is 9.47 Å². The van der Waals surface area contributed by atoms with Gasteiger partial charge in [0.25, 0.3) is 0 Å². The first-order valence-corrected chi connectivity index (χ1v) is 8.82. The van der Waals surface area contributed by atoms with Crippen LogP contribution >= 0.6 is 12.4 Å². The molecule has 0 fully saturated rings. The third-order valence-corrected chi connectivity index (χ3v) is 4.07. The minimum absolute atomic E-state index is 0. The molecule has 2 aromatic heterocycles. The molecule has 1 unspecified atom stereocenters. The normalized spacial score (nSPS) is 11.8. The van der Waals surface area contributed by atoms with Gasteiger partial charge in [-0.25, -0.2) is 9.97 Å². The summed E-state index contributed by atoms with van der Waals surface area (Å²) in [5.74, 6) is 2.47. The monoisotopic (exact) mass is 367 g/mol. The van der Waals surface area contributed by atoms with Crippen LogP contribution in [0.4, 0.5) is 0 Å². The van der Waals surface area contributed by atoms with Crippen LogP contribution in [0, 0.1) is 0 Å². The van der Waals surface area contributed by atoms with E-state index >= 15 is 0 Å². The SMILES string of the molecule is COc1ccc(-c2nc3ncccc3[nH]2)c(OCC[S+](C)[O-])c1.Cl. The highest BCUT2D eigenvalue weighted by Crippen LogP contribution is 2.32. The lowest BCUT2D eigenvalue weighted by Crippen LogP contribution is -2.12. The molecule has 2 heterocycles. The summed E-state index contributed by atoms with van der Waals surface area (Å²) < 4.78 is 22.2. The maximum absolute atomic E-state index is 11.2. The second kappa shape index (κ2) is 8.23. The lowest BCUT2D eigenvalue weighted by Gasteiger charge is -2.12. The van der Waals surface area contributed by atoms with Crippen molar-refractivity contribution in [3.63, 3.8) is 0 Å². The zero-order chi connectivity index (χ0) is 16.2. The van der Waals surface area contributed by atoms with Crippen molar-refractivity contribution in [3.8, 4) is 22.9 Å². The Kier molecular flexibility index (Phi) is 6.30. The molecule has 0 saturated heterocycles. The van der Waals surface area contributed by atoms with Crippen LogP contribution in [0.1, 0.15) is 0 Å². The van der Waals surface area contributed by atoms with Crippen LogP contribution in [0.2, 0.25) is 0 Å². The molecule has 128 valence electrons. The summed E-state index contributed by atoms with van der Waals surface area (Å²) in [5, 5.41) is 0. The number of imidazole rings is 1. The number of hydrogen-bond donors (Lipinski definition) is 1. The minimum Gasteiger partial charge on any atom is -0.616 e. The molecule has 0 spiro atoms. The van der Waals surface area contributed by atoms with Gasteiger partial charge in [-0.3, -0.25) is 0 Å². The van der Waals surface area contributed by atoms with Crippen molar-refractivity contribution in [2.24, 2.45) is 0 Å². The number of nitrogens with one attached hydrogen (secondary N) is 1. The molecule has 6 nitrogen and oxygen atoms in total. The fraction of sp³-hybridized carbons (Fsp3) is 0.250. The standard InChI is InChI=1S/C16H17N3O3S.ClH/c1-21-11-5-6-12(14(10-11)22-8-9-23(2)20)15-18-13-4-3-7-17-16(13)19-15;/h3-7,10H,8-9H2,1-2H3,(H,17,18,19);1H. The molecule has 0 amide bonds. The zero-order valence-electron chi connectivity index (χ0n) is 13.3. The van der Waals surface area contributed by atoms with E-state index in [2.05, 4.69) is 15.0 Å². The summed E-state index contributed by atoms with van der Waals surface area (Å²) in [7, 11) is 1.60. The van der Waals surface area contributed by atoms with E-state index in [1.54, 1.807) is 25.6 Å². The van der Waals surface area contributed by atoms with E-state index in [0.717, 1.165) is 11.1 Å². The summed E-state index contributed by atoms with van der Waals surface area (Å²) in [6.45, 7) is 0.363. The second-order valence-electron chi connectivity index (χ2n) is 4.95. The molecule has 0 aliphatic carbocycles. The third kappa shape index (κ3) is 4.11. The van der Waals surface area contributed by atoms with Gasteiger partial charge in [-0.2, -0.15) is 0 Å². The molecule has 1 atom stereocenters. The van der Waals surface area contributed by atoms with E-state index < -0.39 is 11.2 Å². The Labute approximate surface area is 149 Å². The fourth-order valence-corrected chi connectivity index (χ4v) is 2.50. The molecule has 0 aliphatic heterocycles. The number of benzene rings is 1. The highest BCUT2D eigenvalue weighted by molar-refractivity contribution is 7.90. The van der Waals surface area contributed by atoms with Gasteiger partial charge in [0.05, 0.1) is 24.4 Å². The van der Waals surface area contributed by atoms with Crippen molar-refractivity contribution in [2.75, 3.05) is 25.7 Å². The van der Waals surface area contributed by atoms with Crippen LogP contribution in [-0.4, -0.2) is 45.2 Å². The van der Waals surface area contributed by atoms with Crippen molar-refractivity contribution < 1.29 is 14.0 Å². The molecule has 8 heteroatoms. The number of H-pyrrole nitrogens is 1. The Hall–Kier alpha value is -1.96. The van der Waals surface area contributed by atoms with Gasteiger partial charge < -0.3 is 19.0 Å². The summed E-state index contributed by atoms with van der Waals surface area (Å²) in [6, 6.07) is 9.31. The number of halogens is 1. The molecule has 24 heavy (non-hydrogen) atoms. The van der Waals surface area contributed by atoms with Gasteiger partial charge in [0, 0.05) is 12.3 Å². The number of fused-ring (bicyclic) bond motifs is 1. The lowest BCUT2D eigenvalue weighted by atomic mass is 10.2. The van der Waals surface area contributed by atoms with Crippen molar-refractivity contribution in [1.29, 1.82) is 0 Å². The molecule has 0 aliphatic rings. The second-order valence-corrected chi connectivity index (χ2v) is 6.50. The third-order valence-electron chi connectivity index (χ3n) is 3.33. The van der Waals surface area contributed by atoms with Crippen LogP contribution in [0.5, 0.6) is 11.5 Å². The van der Waals surface area contributed by atoms with Crippen molar-refractivity contribution >= 4 is 34.7 Å². The zero-order valence-corrected chi connectivity index (χ0v) is 14.9. The predicted octanol–water partition coefficient (Wildman–Crippen LogP) is 2.81. The smallest absolute Gasteiger partial charge is 0.178 e. The van der Waals surface area contributed by atoms with E-state index in [0.29, 0.717) is 35.3 Å². The van der Waals surface area contributed by atoms with Crippen molar-refractivity contribution in [1.82, 2.24) is 15.0 Å². The Bertz CT molecular complexity index is 777. The van der Waals surface area contributed by atoms with Crippen LogP contribution in [0.3, 0.4) is 0 Å². The number of ether oxygens (including phenoxy) is 2. The number of methoxy groups -OCH3 is 1. The maximum atomic E-state index is 11.2. The maximum Gasteiger partial charge on any atom is 0.178 e. The van der Waals surface area contributed by atoms with Gasteiger partial charge in [0.1, 0.15) is 29.7 Å². The first kappa shape index (κ1) is 18.4. The number of aromatic amines is 1. The highest BCUT2D eigenvalue weighted by Gasteiger charge is 2.13. The summed E-state index contributed by atoms with van der Waals surface area (Å²) in [4.78, 5) is 12.0. The highest BCUT2D eigenvalue weighted by atomic mass is 35.5. The van der Waals surface area contributed by atoms with E-state index in [1.165, 1.54) is 0 Å². The largest absolute Gasteiger partial charge is 0.616 e. The molecular weight excluding hydrogens is 350 g/mol. The molecule has 0 bridgehead atoms. The minimum atomic E-state index is -0.900. The molecule has 3 rings (SSSR count). The van der Waals surface area contributed by atoms with Gasteiger partial charge in [-0.05, 0) is 24.3 Å². The predicted molar refractivity (Wildman–Crippen MR) is 97.6 cm³/mol. The van der Waals surface area contributed by atoms with Crippen LogP contribution < -0.4 is 9.47 Å². The van der Waals surface area contributed by atoms with Crippen LogP contribution in [0.25, 0.3) is 22.6 Å². The van der Waals surface area contributed by atoms with Gasteiger partial charge in [-0.15, -0.1) is 12.4 Å². The first-order valence-electron chi connectivity index (χ1n) is 7.09. The average Bonchev–Trinajstić information content (AvgIpc) is 2.98. The molecule has 0 radical (unpaired) electrons. The van der Waals surface area contributed by atoms with Crippen molar-refractivity contribution in [2.45, 2.75) is 0 Å². The van der Waals surface area contributed by atoms with Gasteiger partial charge >= 0.3 is 0 Å². The molecule has 0 saturated carbocycles. The lowest BCUT2D eigenvalue weighted by molar-refractivity contribution is 0.338. The average molecular weight is 368 g/mol. The number of aromatic nitrogens is 3. The quantitative estimate of drug-likeness (QED) is 0.677. The van der Waals surface area contributed by atoms with Gasteiger partial charge in [0.2, 0.25) is 0 Å². The van der Waals surface area contributed by atoms with Crippen LogP contribution in [-0.2, 0) is 11.2 Å². The number of pyridine rings is 1. The topological polar surface area (TPSA) is 83.1 Å². The molecule has 1 N–H and O–H groups in total. The summed E-state index contributed by atoms with van der Waals surface area (Å²) >= 11 is -0.900. The van der Waals surface area contributed by atoms with Gasteiger partial charge in [-0.1, -0.05) is 11.2 Å². The first-order chi connectivity index (χ1) is 11.2. The molecule has 1 aromatic carbocycles. The summed E-state index contributed by atoms with van der Waals surface area (Å²) in [5.41, 5.74) is 2.32. The molecular formula is C16H18ClN3O3S. The summed E-state index contributed by atoms with van der Waals surface area (Å²) in [6.07, 6.45) is 3.36. The van der Waals surface area contributed by atoms with E-state index in [9.17, 15) is 4.55 Å². The Balaban J connectivity index is 0.00000208. The van der Waals surface area contributed by atoms with Crippen LogP contribution in [0.15, 0.2) is 36.5 Å². The number of hydrogen-bond acceptors (Lipinski definition) is 5. The van der Waals surface area contributed by atoms with Crippen molar-refractivity contribution in [3.05, 3.63) is 36.5 Å². The number of nitrogens with zero attached hydrogens (tertiary/aromatic N) is 2. The van der Waals surface area contributed by atoms with E-state index in [-0.39, 0.29) is 12.4 Å². The number of rotatable bonds is 6. The molecule has 3 aromatic rings. The Morgan fingerprint density at radius 1 is 1.29 bits per heavy atom.